The summed E-state index contributed by atoms with van der Waals surface area (Å²) >= 11 is 0. The van der Waals surface area contributed by atoms with E-state index in [1.54, 1.807) is 6.20 Å². The van der Waals surface area contributed by atoms with Crippen molar-refractivity contribution < 1.29 is 14.6 Å². The van der Waals surface area contributed by atoms with E-state index in [1.807, 2.05) is 37.8 Å². The van der Waals surface area contributed by atoms with Crippen molar-refractivity contribution in [1.82, 2.24) is 15.0 Å². The zero-order valence-electron chi connectivity index (χ0n) is 14.1. The third kappa shape index (κ3) is 3.32. The van der Waals surface area contributed by atoms with E-state index in [0.717, 1.165) is 17.1 Å². The van der Waals surface area contributed by atoms with E-state index in [1.165, 1.54) is 6.33 Å². The molecule has 2 aromatic rings. The van der Waals surface area contributed by atoms with Crippen LogP contribution in [0.3, 0.4) is 0 Å². The topological polar surface area (TPSA) is 80.6 Å². The highest BCUT2D eigenvalue weighted by Crippen LogP contribution is 2.31. The lowest BCUT2D eigenvalue weighted by Crippen LogP contribution is -2.26. The van der Waals surface area contributed by atoms with Crippen LogP contribution < -0.4 is 9.64 Å². The highest BCUT2D eigenvalue weighted by Gasteiger charge is 2.33. The molecule has 0 saturated carbocycles. The molecule has 0 aliphatic carbocycles. The maximum Gasteiger partial charge on any atom is 0.227 e. The first-order chi connectivity index (χ1) is 11.6. The number of hydrogen-bond acceptors (Lipinski definition) is 7. The van der Waals surface area contributed by atoms with E-state index in [0.29, 0.717) is 31.3 Å². The van der Waals surface area contributed by atoms with Gasteiger partial charge in [0.1, 0.15) is 18.2 Å². The Hall–Kier alpha value is -2.25. The fraction of sp³-hybridized carbons (Fsp3) is 0.471. The largest absolute Gasteiger partial charge is 0.437 e. The maximum absolute atomic E-state index is 10.1. The Morgan fingerprint density at radius 2 is 2.08 bits per heavy atom. The third-order valence-electron chi connectivity index (χ3n) is 4.09. The van der Waals surface area contributed by atoms with Gasteiger partial charge in [-0.15, -0.1) is 0 Å². The molecule has 24 heavy (non-hydrogen) atoms. The lowest BCUT2D eigenvalue weighted by Gasteiger charge is -2.20. The van der Waals surface area contributed by atoms with Crippen molar-refractivity contribution in [2.45, 2.75) is 33.0 Å². The summed E-state index contributed by atoms with van der Waals surface area (Å²) in [5.74, 6) is 1.91. The molecule has 3 heterocycles. The van der Waals surface area contributed by atoms with Gasteiger partial charge in [0.25, 0.3) is 0 Å². The zero-order chi connectivity index (χ0) is 17.1. The standard InChI is InChI=1S/C17H22N4O3/c1-4-23-15-9-21(8-13(15)22)16-11(2)17(20-10-19-16)24-14-6-5-7-18-12(14)3/h5-7,10,13,15,22H,4,8-9H2,1-3H3/t13-,15-/m0/s1. The van der Waals surface area contributed by atoms with Crippen LogP contribution in [0.15, 0.2) is 24.7 Å². The minimum Gasteiger partial charge on any atom is -0.437 e. The second kappa shape index (κ2) is 7.11. The summed E-state index contributed by atoms with van der Waals surface area (Å²) in [5, 5.41) is 10.1. The quantitative estimate of drug-likeness (QED) is 0.896. The summed E-state index contributed by atoms with van der Waals surface area (Å²) < 4.78 is 11.5. The van der Waals surface area contributed by atoms with Crippen LogP contribution in [0.2, 0.25) is 0 Å². The van der Waals surface area contributed by atoms with Crippen molar-refractivity contribution in [3.63, 3.8) is 0 Å². The predicted molar refractivity (Wildman–Crippen MR) is 89.5 cm³/mol. The van der Waals surface area contributed by atoms with E-state index in [2.05, 4.69) is 15.0 Å². The Bertz CT molecular complexity index is 710. The number of aromatic nitrogens is 3. The number of nitrogens with zero attached hydrogens (tertiary/aromatic N) is 4. The second-order valence-corrected chi connectivity index (χ2v) is 5.78. The molecule has 0 aromatic carbocycles. The number of pyridine rings is 1. The van der Waals surface area contributed by atoms with Gasteiger partial charge in [0, 0.05) is 25.9 Å². The van der Waals surface area contributed by atoms with Gasteiger partial charge in [0.15, 0.2) is 5.75 Å². The van der Waals surface area contributed by atoms with Crippen molar-refractivity contribution in [3.8, 4) is 11.6 Å². The number of β-amino-alcohol motifs (C(OH)–C–C–N with tert-alkyl or cyclic N) is 1. The highest BCUT2D eigenvalue weighted by atomic mass is 16.5. The summed E-state index contributed by atoms with van der Waals surface area (Å²) in [7, 11) is 0. The first-order valence-electron chi connectivity index (χ1n) is 8.05. The van der Waals surface area contributed by atoms with Crippen LogP contribution >= 0.6 is 0 Å². The number of hydrogen-bond donors (Lipinski definition) is 1. The van der Waals surface area contributed by atoms with Gasteiger partial charge in [0.05, 0.1) is 17.4 Å². The molecule has 7 heteroatoms. The Balaban J connectivity index is 1.83. The molecule has 2 atom stereocenters. The van der Waals surface area contributed by atoms with Gasteiger partial charge in [0.2, 0.25) is 5.88 Å². The van der Waals surface area contributed by atoms with E-state index >= 15 is 0 Å². The molecule has 1 aliphatic rings. The Kier molecular flexibility index (Phi) is 4.92. The predicted octanol–water partition coefficient (Wildman–Crippen LogP) is 1.87. The monoisotopic (exact) mass is 330 g/mol. The Labute approximate surface area is 141 Å². The van der Waals surface area contributed by atoms with Gasteiger partial charge in [-0.1, -0.05) is 0 Å². The van der Waals surface area contributed by atoms with Crippen LogP contribution in [-0.4, -0.2) is 52.0 Å². The molecular weight excluding hydrogens is 308 g/mol. The van der Waals surface area contributed by atoms with E-state index in [9.17, 15) is 5.11 Å². The molecule has 1 fully saturated rings. The second-order valence-electron chi connectivity index (χ2n) is 5.78. The number of aliphatic hydroxyl groups is 1. The molecule has 0 radical (unpaired) electrons. The van der Waals surface area contributed by atoms with Gasteiger partial charge in [-0.3, -0.25) is 4.98 Å². The summed E-state index contributed by atoms with van der Waals surface area (Å²) in [4.78, 5) is 14.8. The van der Waals surface area contributed by atoms with Gasteiger partial charge in [-0.2, -0.15) is 0 Å². The first-order valence-corrected chi connectivity index (χ1v) is 8.05. The molecule has 1 saturated heterocycles. The van der Waals surface area contributed by atoms with Crippen LogP contribution in [0.4, 0.5) is 5.82 Å². The van der Waals surface area contributed by atoms with Crippen molar-refractivity contribution >= 4 is 5.82 Å². The van der Waals surface area contributed by atoms with Gasteiger partial charge >= 0.3 is 0 Å². The summed E-state index contributed by atoms with van der Waals surface area (Å²) in [6.45, 7) is 7.37. The summed E-state index contributed by atoms with van der Waals surface area (Å²) in [6, 6.07) is 3.68. The minimum absolute atomic E-state index is 0.200. The van der Waals surface area contributed by atoms with Crippen LogP contribution in [0.25, 0.3) is 0 Å². The summed E-state index contributed by atoms with van der Waals surface area (Å²) in [6.07, 6.45) is 2.47. The van der Waals surface area contributed by atoms with Crippen molar-refractivity contribution in [2.75, 3.05) is 24.6 Å². The van der Waals surface area contributed by atoms with Crippen LogP contribution in [0.5, 0.6) is 11.6 Å². The van der Waals surface area contributed by atoms with Crippen molar-refractivity contribution in [2.24, 2.45) is 0 Å². The fourth-order valence-electron chi connectivity index (χ4n) is 2.84. The average molecular weight is 330 g/mol. The minimum atomic E-state index is -0.524. The maximum atomic E-state index is 10.1. The number of anilines is 1. The molecule has 1 aliphatic heterocycles. The molecular formula is C17H22N4O3. The third-order valence-corrected chi connectivity index (χ3v) is 4.09. The lowest BCUT2D eigenvalue weighted by atomic mass is 10.3. The van der Waals surface area contributed by atoms with Crippen molar-refractivity contribution in [1.29, 1.82) is 0 Å². The van der Waals surface area contributed by atoms with Crippen LogP contribution in [-0.2, 0) is 4.74 Å². The number of aliphatic hydroxyl groups excluding tert-OH is 1. The number of aryl methyl sites for hydroxylation is 1. The van der Waals surface area contributed by atoms with Gasteiger partial charge in [-0.05, 0) is 32.9 Å². The first kappa shape index (κ1) is 16.6. The average Bonchev–Trinajstić information content (AvgIpc) is 2.92. The van der Waals surface area contributed by atoms with Gasteiger partial charge < -0.3 is 19.5 Å². The molecule has 2 aromatic heterocycles. The van der Waals surface area contributed by atoms with E-state index in [-0.39, 0.29) is 6.10 Å². The van der Waals surface area contributed by atoms with E-state index in [4.69, 9.17) is 9.47 Å². The van der Waals surface area contributed by atoms with E-state index < -0.39 is 6.10 Å². The molecule has 0 bridgehead atoms. The Morgan fingerprint density at radius 1 is 1.25 bits per heavy atom. The molecule has 0 unspecified atom stereocenters. The molecule has 128 valence electrons. The number of ether oxygens (including phenoxy) is 2. The van der Waals surface area contributed by atoms with Crippen LogP contribution in [0, 0.1) is 13.8 Å². The molecule has 0 amide bonds. The van der Waals surface area contributed by atoms with Crippen molar-refractivity contribution in [3.05, 3.63) is 35.9 Å². The molecule has 0 spiro atoms. The summed E-state index contributed by atoms with van der Waals surface area (Å²) in [5.41, 5.74) is 1.62. The number of rotatable bonds is 5. The molecule has 7 nitrogen and oxygen atoms in total. The molecule has 1 N–H and O–H groups in total. The zero-order valence-corrected chi connectivity index (χ0v) is 14.1. The SMILES string of the molecule is CCO[C@H]1CN(c2ncnc(Oc3cccnc3C)c2C)C[C@@H]1O. The Morgan fingerprint density at radius 3 is 2.83 bits per heavy atom. The molecule has 3 rings (SSSR count). The smallest absolute Gasteiger partial charge is 0.227 e. The van der Waals surface area contributed by atoms with Gasteiger partial charge in [-0.25, -0.2) is 9.97 Å². The normalized spacial score (nSPS) is 20.4. The fourth-order valence-corrected chi connectivity index (χ4v) is 2.84. The highest BCUT2D eigenvalue weighted by molar-refractivity contribution is 5.52. The van der Waals surface area contributed by atoms with Crippen LogP contribution in [0.1, 0.15) is 18.2 Å². The lowest BCUT2D eigenvalue weighted by molar-refractivity contribution is -0.00189.